The Labute approximate surface area is 119 Å². The van der Waals surface area contributed by atoms with Crippen LogP contribution in [-0.2, 0) is 0 Å². The van der Waals surface area contributed by atoms with Crippen LogP contribution in [0.5, 0.6) is 0 Å². The molecule has 1 heterocycles. The molecule has 0 fully saturated rings. The topological polar surface area (TPSA) is 68.1 Å². The van der Waals surface area contributed by atoms with Gasteiger partial charge in [-0.2, -0.15) is 11.8 Å². The summed E-state index contributed by atoms with van der Waals surface area (Å²) in [5.74, 6) is 2.86. The van der Waals surface area contributed by atoms with Crippen LogP contribution in [0.3, 0.4) is 0 Å². The molecule has 0 saturated carbocycles. The van der Waals surface area contributed by atoms with Gasteiger partial charge in [0.15, 0.2) is 0 Å². The first-order valence-corrected chi connectivity index (χ1v) is 7.63. The normalized spacial score (nSPS) is 12.2. The number of hydrogen-bond acceptors (Lipinski definition) is 5. The molecule has 0 aliphatic heterocycles. The first-order valence-electron chi connectivity index (χ1n) is 5.68. The number of anilines is 1. The number of thioether (sulfide) groups is 1. The van der Waals surface area contributed by atoms with E-state index >= 15 is 0 Å². The summed E-state index contributed by atoms with van der Waals surface area (Å²) < 4.78 is 0.617. The Balaban J connectivity index is 2.59. The summed E-state index contributed by atoms with van der Waals surface area (Å²) in [5, 5.41) is 13.8. The summed E-state index contributed by atoms with van der Waals surface area (Å²) in [6.07, 6.45) is 2.30. The summed E-state index contributed by atoms with van der Waals surface area (Å²) in [5.41, 5.74) is -0.0124. The zero-order chi connectivity index (χ0) is 13.5. The molecule has 0 spiro atoms. The average molecular weight is 334 g/mol. The monoisotopic (exact) mass is 333 g/mol. The van der Waals surface area contributed by atoms with E-state index in [-0.39, 0.29) is 11.7 Å². The van der Waals surface area contributed by atoms with Gasteiger partial charge in [-0.05, 0) is 40.8 Å². The van der Waals surface area contributed by atoms with Crippen LogP contribution in [0.4, 0.5) is 11.5 Å². The summed E-state index contributed by atoms with van der Waals surface area (Å²) in [7, 11) is 0. The van der Waals surface area contributed by atoms with Crippen LogP contribution < -0.4 is 5.32 Å². The molecule has 1 N–H and O–H groups in total. The highest BCUT2D eigenvalue weighted by molar-refractivity contribution is 9.10. The predicted octanol–water partition coefficient (Wildman–Crippen LogP) is 3.70. The van der Waals surface area contributed by atoms with Crippen molar-refractivity contribution in [1.82, 2.24) is 4.98 Å². The molecule has 0 saturated heterocycles. The number of nitro groups is 1. The van der Waals surface area contributed by atoms with Crippen LogP contribution in [0.15, 0.2) is 16.7 Å². The first kappa shape index (κ1) is 15.2. The van der Waals surface area contributed by atoms with Gasteiger partial charge in [-0.1, -0.05) is 6.92 Å². The van der Waals surface area contributed by atoms with Gasteiger partial charge in [0.05, 0.1) is 9.40 Å². The molecular weight excluding hydrogens is 318 g/mol. The number of nitrogens with zero attached hydrogens (tertiary/aromatic N) is 2. The van der Waals surface area contributed by atoms with E-state index in [1.54, 1.807) is 0 Å². The van der Waals surface area contributed by atoms with Gasteiger partial charge >= 0.3 is 0 Å². The maximum absolute atomic E-state index is 10.6. The van der Waals surface area contributed by atoms with E-state index in [2.05, 4.69) is 40.1 Å². The molecule has 1 rings (SSSR count). The molecule has 0 radical (unpaired) electrons. The zero-order valence-corrected chi connectivity index (χ0v) is 12.8. The molecule has 0 aliphatic rings. The van der Waals surface area contributed by atoms with Gasteiger partial charge in [0.25, 0.3) is 5.69 Å². The van der Waals surface area contributed by atoms with Crippen molar-refractivity contribution in [1.29, 1.82) is 0 Å². The number of pyridine rings is 1. The largest absolute Gasteiger partial charge is 0.367 e. The van der Waals surface area contributed by atoms with Crippen molar-refractivity contribution in [2.45, 2.75) is 26.3 Å². The molecule has 0 amide bonds. The first-order chi connectivity index (χ1) is 8.54. The van der Waals surface area contributed by atoms with Crippen LogP contribution >= 0.6 is 27.7 Å². The highest BCUT2D eigenvalue weighted by atomic mass is 79.9. The second-order valence-electron chi connectivity index (χ2n) is 3.81. The second kappa shape index (κ2) is 7.58. The zero-order valence-electron chi connectivity index (χ0n) is 10.4. The molecule has 0 aromatic carbocycles. The molecule has 18 heavy (non-hydrogen) atoms. The third-order valence-corrected chi connectivity index (χ3v) is 3.86. The lowest BCUT2D eigenvalue weighted by Crippen LogP contribution is -2.17. The van der Waals surface area contributed by atoms with Crippen molar-refractivity contribution in [2.24, 2.45) is 0 Å². The molecule has 5 nitrogen and oxygen atoms in total. The van der Waals surface area contributed by atoms with Gasteiger partial charge in [0.1, 0.15) is 12.0 Å². The summed E-state index contributed by atoms with van der Waals surface area (Å²) in [6.45, 7) is 4.21. The molecule has 100 valence electrons. The van der Waals surface area contributed by atoms with Gasteiger partial charge < -0.3 is 5.32 Å². The molecule has 1 unspecified atom stereocenters. The Hall–Kier alpha value is -0.820. The smallest absolute Gasteiger partial charge is 0.288 e. The van der Waals surface area contributed by atoms with Crippen LogP contribution in [-0.4, -0.2) is 27.5 Å². The molecule has 0 aliphatic carbocycles. The van der Waals surface area contributed by atoms with E-state index in [9.17, 15) is 10.1 Å². The van der Waals surface area contributed by atoms with Gasteiger partial charge in [-0.25, -0.2) is 4.98 Å². The Kier molecular flexibility index (Phi) is 6.42. The minimum absolute atomic E-state index is 0.0124. The van der Waals surface area contributed by atoms with E-state index < -0.39 is 4.92 Å². The fourth-order valence-electron chi connectivity index (χ4n) is 1.34. The van der Waals surface area contributed by atoms with Crippen molar-refractivity contribution in [2.75, 3.05) is 16.8 Å². The Bertz CT molecular complexity index is 417. The molecular formula is C11H16BrN3O2S. The Morgan fingerprint density at radius 1 is 1.67 bits per heavy atom. The summed E-state index contributed by atoms with van der Waals surface area (Å²) >= 11 is 5.19. The highest BCUT2D eigenvalue weighted by Gasteiger charge is 2.12. The highest BCUT2D eigenvalue weighted by Crippen LogP contribution is 2.25. The molecule has 1 aromatic rings. The summed E-state index contributed by atoms with van der Waals surface area (Å²) in [4.78, 5) is 14.2. The minimum atomic E-state index is -0.455. The van der Waals surface area contributed by atoms with Crippen molar-refractivity contribution < 1.29 is 4.92 Å². The van der Waals surface area contributed by atoms with Gasteiger partial charge in [-0.3, -0.25) is 10.1 Å². The number of hydrogen-bond donors (Lipinski definition) is 1. The molecule has 1 atom stereocenters. The lowest BCUT2D eigenvalue weighted by Gasteiger charge is -2.14. The predicted molar refractivity (Wildman–Crippen MR) is 79.3 cm³/mol. The maximum atomic E-state index is 10.6. The van der Waals surface area contributed by atoms with Gasteiger partial charge in [-0.15, -0.1) is 0 Å². The molecule has 0 bridgehead atoms. The third-order valence-electron chi connectivity index (χ3n) is 2.32. The van der Waals surface area contributed by atoms with Crippen molar-refractivity contribution in [3.63, 3.8) is 0 Å². The molecule has 1 aromatic heterocycles. The summed E-state index contributed by atoms with van der Waals surface area (Å²) in [6, 6.07) is 1.75. The minimum Gasteiger partial charge on any atom is -0.367 e. The second-order valence-corrected chi connectivity index (χ2v) is 6.06. The third kappa shape index (κ3) is 4.81. The van der Waals surface area contributed by atoms with E-state index in [4.69, 9.17) is 0 Å². The van der Waals surface area contributed by atoms with Crippen molar-refractivity contribution >= 4 is 39.2 Å². The Morgan fingerprint density at radius 3 is 2.94 bits per heavy atom. The van der Waals surface area contributed by atoms with Gasteiger partial charge in [0.2, 0.25) is 0 Å². The van der Waals surface area contributed by atoms with E-state index in [1.807, 2.05) is 11.8 Å². The van der Waals surface area contributed by atoms with Crippen LogP contribution in [0.2, 0.25) is 0 Å². The quantitative estimate of drug-likeness (QED) is 0.468. The van der Waals surface area contributed by atoms with Crippen LogP contribution in [0.25, 0.3) is 0 Å². The van der Waals surface area contributed by atoms with Crippen LogP contribution in [0.1, 0.15) is 20.3 Å². The fraction of sp³-hybridized carbons (Fsp3) is 0.545. The van der Waals surface area contributed by atoms with E-state index in [0.717, 1.165) is 17.9 Å². The molecule has 7 heteroatoms. The fourth-order valence-corrected chi connectivity index (χ4v) is 2.60. The van der Waals surface area contributed by atoms with E-state index in [1.165, 1.54) is 12.3 Å². The average Bonchev–Trinajstić information content (AvgIpc) is 2.32. The lowest BCUT2D eigenvalue weighted by molar-refractivity contribution is -0.385. The lowest BCUT2D eigenvalue weighted by atomic mass is 10.2. The van der Waals surface area contributed by atoms with Gasteiger partial charge in [0, 0.05) is 12.1 Å². The van der Waals surface area contributed by atoms with Crippen molar-refractivity contribution in [3.8, 4) is 0 Å². The maximum Gasteiger partial charge on any atom is 0.288 e. The SMILES string of the molecule is CCSCCC(C)Nc1ncc([N+](=O)[O-])cc1Br. The van der Waals surface area contributed by atoms with E-state index in [0.29, 0.717) is 10.3 Å². The Morgan fingerprint density at radius 2 is 2.39 bits per heavy atom. The van der Waals surface area contributed by atoms with Crippen LogP contribution in [0, 0.1) is 10.1 Å². The number of rotatable bonds is 7. The number of nitrogens with one attached hydrogen (secondary N) is 1. The number of halogens is 1. The number of aromatic nitrogens is 1. The van der Waals surface area contributed by atoms with Crippen molar-refractivity contribution in [3.05, 3.63) is 26.9 Å². The standard InChI is InChI=1S/C11H16BrN3O2S/c1-3-18-5-4-8(2)14-11-10(12)6-9(7-13-11)15(16)17/h6-8H,3-5H2,1-2H3,(H,13,14).